The van der Waals surface area contributed by atoms with Gasteiger partial charge in [-0.1, -0.05) is 55.7 Å². The average molecular weight is 501 g/mol. The van der Waals surface area contributed by atoms with E-state index in [1.54, 1.807) is 13.8 Å². The van der Waals surface area contributed by atoms with Crippen LogP contribution in [-0.2, 0) is 9.53 Å². The first-order valence-corrected chi connectivity index (χ1v) is 13.7. The Labute approximate surface area is 218 Å². The summed E-state index contributed by atoms with van der Waals surface area (Å²) in [6, 6.07) is 0. The third kappa shape index (κ3) is 5.22. The summed E-state index contributed by atoms with van der Waals surface area (Å²) < 4.78 is 6.10. The highest BCUT2D eigenvalue weighted by Gasteiger charge is 2.64. The van der Waals surface area contributed by atoms with Crippen molar-refractivity contribution in [1.29, 1.82) is 0 Å². The topological polar surface area (TPSA) is 87.0 Å². The lowest BCUT2D eigenvalue weighted by atomic mass is 9.53. The zero-order valence-corrected chi connectivity index (χ0v) is 23.4. The average Bonchev–Trinajstić information content (AvgIpc) is 3.13. The van der Waals surface area contributed by atoms with Gasteiger partial charge in [0.1, 0.15) is 6.29 Å². The van der Waals surface area contributed by atoms with Gasteiger partial charge in [0.15, 0.2) is 6.29 Å². The van der Waals surface area contributed by atoms with Crippen LogP contribution in [0.3, 0.4) is 0 Å². The molecule has 0 aromatic carbocycles. The molecular weight excluding hydrogens is 452 g/mol. The fourth-order valence-electron chi connectivity index (χ4n) is 7.08. The lowest BCUT2D eigenvalue weighted by Crippen LogP contribution is -2.58. The Morgan fingerprint density at radius 3 is 2.53 bits per heavy atom. The number of allylic oxidation sites excluding steroid dienone is 7. The van der Waals surface area contributed by atoms with Gasteiger partial charge in [-0.3, -0.25) is 4.79 Å². The molecule has 3 rings (SSSR count). The molecule has 2 aliphatic carbocycles. The van der Waals surface area contributed by atoms with E-state index in [-0.39, 0.29) is 24.0 Å². The molecule has 202 valence electrons. The third-order valence-electron chi connectivity index (χ3n) is 9.84. The minimum Gasteiger partial charge on any atom is -0.396 e. The molecule has 5 nitrogen and oxygen atoms in total. The van der Waals surface area contributed by atoms with Gasteiger partial charge in [-0.15, -0.1) is 0 Å². The Kier molecular flexibility index (Phi) is 8.92. The SMILES string of the molecule is CC1=C(/C=C/C(C)=C/[C@H]2C[C@@]3([C@H](O)O2)[C@H](CCCO)/C(=C(/C)C=O)CC[C@]3(C)O)C(C)(C)[C@@H](C)CC1. The van der Waals surface area contributed by atoms with E-state index in [0.717, 1.165) is 23.9 Å². The van der Waals surface area contributed by atoms with Gasteiger partial charge in [0.05, 0.1) is 17.1 Å². The van der Waals surface area contributed by atoms with Crippen molar-refractivity contribution in [2.45, 2.75) is 111 Å². The maximum Gasteiger partial charge on any atom is 0.164 e. The van der Waals surface area contributed by atoms with Gasteiger partial charge in [0, 0.05) is 6.61 Å². The second-order valence-electron chi connectivity index (χ2n) is 12.4. The fourth-order valence-corrected chi connectivity index (χ4v) is 7.08. The van der Waals surface area contributed by atoms with E-state index in [1.807, 2.05) is 6.08 Å². The van der Waals surface area contributed by atoms with Crippen molar-refractivity contribution in [2.75, 3.05) is 6.61 Å². The quantitative estimate of drug-likeness (QED) is 0.233. The molecule has 6 atom stereocenters. The van der Waals surface area contributed by atoms with E-state index in [0.29, 0.717) is 43.6 Å². The van der Waals surface area contributed by atoms with Crippen LogP contribution in [-0.4, -0.2) is 46.2 Å². The summed E-state index contributed by atoms with van der Waals surface area (Å²) in [5, 5.41) is 32.5. The van der Waals surface area contributed by atoms with E-state index in [1.165, 1.54) is 17.6 Å². The van der Waals surface area contributed by atoms with Crippen molar-refractivity contribution in [3.8, 4) is 0 Å². The molecule has 1 spiro atoms. The van der Waals surface area contributed by atoms with E-state index in [2.05, 4.69) is 46.8 Å². The number of ether oxygens (including phenoxy) is 1. The van der Waals surface area contributed by atoms with Crippen molar-refractivity contribution in [1.82, 2.24) is 0 Å². The molecule has 0 amide bonds. The van der Waals surface area contributed by atoms with Crippen LogP contribution in [0.2, 0.25) is 0 Å². The molecule has 0 aromatic heterocycles. The number of aldehydes is 1. The Hall–Kier alpha value is -1.53. The van der Waals surface area contributed by atoms with Crippen LogP contribution in [0.5, 0.6) is 0 Å². The van der Waals surface area contributed by atoms with Gasteiger partial charge in [0.2, 0.25) is 0 Å². The normalized spacial score (nSPS) is 38.8. The summed E-state index contributed by atoms with van der Waals surface area (Å²) in [4.78, 5) is 11.7. The van der Waals surface area contributed by atoms with Crippen LogP contribution < -0.4 is 0 Å². The largest absolute Gasteiger partial charge is 0.396 e. The van der Waals surface area contributed by atoms with Gasteiger partial charge in [-0.05, 0) is 101 Å². The maximum absolute atomic E-state index is 11.7. The molecule has 3 N–H and O–H groups in total. The van der Waals surface area contributed by atoms with Gasteiger partial charge < -0.3 is 20.1 Å². The van der Waals surface area contributed by atoms with E-state index in [4.69, 9.17) is 4.74 Å². The lowest BCUT2D eigenvalue weighted by Gasteiger charge is -2.53. The minimum absolute atomic E-state index is 0.0244. The van der Waals surface area contributed by atoms with Crippen LogP contribution in [0, 0.1) is 22.7 Å². The number of carbonyl (C=O) groups excluding carboxylic acids is 1. The van der Waals surface area contributed by atoms with Crippen molar-refractivity contribution in [2.24, 2.45) is 22.7 Å². The second kappa shape index (κ2) is 11.1. The highest BCUT2D eigenvalue weighted by atomic mass is 16.6. The lowest BCUT2D eigenvalue weighted by molar-refractivity contribution is -0.219. The molecule has 0 unspecified atom stereocenters. The summed E-state index contributed by atoms with van der Waals surface area (Å²) >= 11 is 0. The first kappa shape index (κ1) is 29.0. The fraction of sp³-hybridized carbons (Fsp3) is 0.710. The standard InChI is InChI=1S/C31H48O5/c1-20(10-13-26-21(2)11-12-23(4)29(26,5)6)17-24-18-31(28(34)36-24)27(9-8-16-32)25(22(3)19-33)14-15-30(31,7)35/h10,13,17,19,23-24,27-28,32,34-35H,8-9,11-12,14-16,18H2,1-7H3/b13-10+,20-17+,25-22-/t23-,24-,27+,28+,30-,31-/m0/s1. The summed E-state index contributed by atoms with van der Waals surface area (Å²) in [6.07, 6.45) is 10.8. The molecule has 1 saturated heterocycles. The molecule has 2 fully saturated rings. The van der Waals surface area contributed by atoms with Crippen LogP contribution in [0.4, 0.5) is 0 Å². The predicted molar refractivity (Wildman–Crippen MR) is 144 cm³/mol. The summed E-state index contributed by atoms with van der Waals surface area (Å²) in [7, 11) is 0. The Bertz CT molecular complexity index is 950. The van der Waals surface area contributed by atoms with Crippen molar-refractivity contribution >= 4 is 6.29 Å². The first-order valence-electron chi connectivity index (χ1n) is 13.7. The first-order chi connectivity index (χ1) is 16.8. The van der Waals surface area contributed by atoms with Crippen LogP contribution in [0.1, 0.15) is 93.4 Å². The number of rotatable bonds is 7. The third-order valence-corrected chi connectivity index (χ3v) is 9.84. The van der Waals surface area contributed by atoms with Crippen LogP contribution in [0.25, 0.3) is 0 Å². The van der Waals surface area contributed by atoms with Crippen LogP contribution in [0.15, 0.2) is 46.1 Å². The van der Waals surface area contributed by atoms with E-state index in [9.17, 15) is 20.1 Å². The number of hydrogen-bond donors (Lipinski definition) is 3. The molecule has 5 heteroatoms. The molecular formula is C31H48O5. The molecule has 3 aliphatic rings. The van der Waals surface area contributed by atoms with Gasteiger partial charge in [-0.2, -0.15) is 0 Å². The monoisotopic (exact) mass is 500 g/mol. The molecule has 0 radical (unpaired) electrons. The van der Waals surface area contributed by atoms with E-state index >= 15 is 0 Å². The molecule has 1 saturated carbocycles. The van der Waals surface area contributed by atoms with Crippen molar-refractivity contribution in [3.05, 3.63) is 46.1 Å². The van der Waals surface area contributed by atoms with Gasteiger partial charge in [0.25, 0.3) is 0 Å². The maximum atomic E-state index is 11.7. The second-order valence-corrected chi connectivity index (χ2v) is 12.4. The molecule has 1 aliphatic heterocycles. The summed E-state index contributed by atoms with van der Waals surface area (Å²) in [6.45, 7) is 14.9. The molecule has 0 aromatic rings. The smallest absolute Gasteiger partial charge is 0.164 e. The summed E-state index contributed by atoms with van der Waals surface area (Å²) in [5.74, 6) is 0.389. The zero-order chi connectivity index (χ0) is 26.9. The highest BCUT2D eigenvalue weighted by molar-refractivity contribution is 5.74. The highest BCUT2D eigenvalue weighted by Crippen LogP contribution is 2.60. The van der Waals surface area contributed by atoms with Gasteiger partial charge in [-0.25, -0.2) is 0 Å². The van der Waals surface area contributed by atoms with E-state index < -0.39 is 17.3 Å². The Balaban J connectivity index is 1.92. The predicted octanol–water partition coefficient (Wildman–Crippen LogP) is 5.80. The van der Waals surface area contributed by atoms with Crippen molar-refractivity contribution < 1.29 is 24.9 Å². The molecule has 1 heterocycles. The molecule has 36 heavy (non-hydrogen) atoms. The summed E-state index contributed by atoms with van der Waals surface area (Å²) in [5.41, 5.74) is 3.57. The Morgan fingerprint density at radius 2 is 1.89 bits per heavy atom. The number of aliphatic hydroxyl groups excluding tert-OH is 2. The Morgan fingerprint density at radius 1 is 1.19 bits per heavy atom. The number of hydrogen-bond acceptors (Lipinski definition) is 5. The minimum atomic E-state index is -1.16. The number of carbonyl (C=O) groups is 1. The van der Waals surface area contributed by atoms with Gasteiger partial charge >= 0.3 is 0 Å². The zero-order valence-electron chi connectivity index (χ0n) is 23.4. The van der Waals surface area contributed by atoms with Crippen molar-refractivity contribution in [3.63, 3.8) is 0 Å². The van der Waals surface area contributed by atoms with Crippen LogP contribution >= 0.6 is 0 Å². The number of aliphatic hydroxyl groups is 3. The molecule has 0 bridgehead atoms.